The fourth-order valence-electron chi connectivity index (χ4n) is 4.29. The quantitative estimate of drug-likeness (QED) is 0.517. The Morgan fingerprint density at radius 3 is 1.28 bits per heavy atom. The second kappa shape index (κ2) is 8.63. The van der Waals surface area contributed by atoms with Crippen molar-refractivity contribution < 1.29 is 13.2 Å². The molecule has 0 aliphatic heterocycles. The van der Waals surface area contributed by atoms with Gasteiger partial charge in [-0.15, -0.1) is 0 Å². The number of benzene rings is 3. The fourth-order valence-corrected chi connectivity index (χ4v) is 8.51. The summed E-state index contributed by atoms with van der Waals surface area (Å²) in [5.74, 6) is 1.82. The molecule has 3 aromatic rings. The minimum Gasteiger partial charge on any atom is -0.244 e. The molecular formula is C25H24F3P. The predicted molar refractivity (Wildman–Crippen MR) is 119 cm³/mol. The summed E-state index contributed by atoms with van der Waals surface area (Å²) in [6.07, 6.45) is -5.49. The van der Waals surface area contributed by atoms with Crippen LogP contribution in [0.3, 0.4) is 0 Å². The molecule has 150 valence electrons. The molecule has 1 aliphatic carbocycles. The zero-order chi connectivity index (χ0) is 20.3. The molecule has 0 aromatic heterocycles. The van der Waals surface area contributed by atoms with Crippen molar-refractivity contribution in [2.24, 2.45) is 5.92 Å². The van der Waals surface area contributed by atoms with Gasteiger partial charge in [0.05, 0.1) is 0 Å². The van der Waals surface area contributed by atoms with Crippen LogP contribution in [0.1, 0.15) is 12.8 Å². The van der Waals surface area contributed by atoms with Crippen molar-refractivity contribution in [1.29, 1.82) is 0 Å². The molecule has 4 rings (SSSR count). The average molecular weight is 412 g/mol. The molecule has 29 heavy (non-hydrogen) atoms. The molecule has 0 spiro atoms. The van der Waals surface area contributed by atoms with Crippen molar-refractivity contribution in [3.63, 3.8) is 0 Å². The highest BCUT2D eigenvalue weighted by atomic mass is 31.2. The molecule has 1 fully saturated rings. The van der Waals surface area contributed by atoms with Gasteiger partial charge >= 0.3 is 0 Å². The Labute approximate surface area is 170 Å². The highest BCUT2D eigenvalue weighted by Gasteiger charge is 2.39. The van der Waals surface area contributed by atoms with Crippen LogP contribution in [0.5, 0.6) is 0 Å². The van der Waals surface area contributed by atoms with Crippen LogP contribution in [0.4, 0.5) is 13.2 Å². The summed E-state index contributed by atoms with van der Waals surface area (Å²) in [4.78, 5) is 0. The molecule has 0 saturated heterocycles. The van der Waals surface area contributed by atoms with E-state index in [4.69, 9.17) is 0 Å². The highest BCUT2D eigenvalue weighted by molar-refractivity contribution is 7.94. The van der Waals surface area contributed by atoms with Crippen molar-refractivity contribution in [3.8, 4) is 0 Å². The van der Waals surface area contributed by atoms with Crippen molar-refractivity contribution in [1.82, 2.24) is 0 Å². The van der Waals surface area contributed by atoms with Crippen LogP contribution in [0, 0.1) is 5.92 Å². The lowest BCUT2D eigenvalue weighted by molar-refractivity contribution is 0.0327. The van der Waals surface area contributed by atoms with Gasteiger partial charge in [-0.25, -0.2) is 13.2 Å². The third kappa shape index (κ3) is 3.94. The first-order valence-electron chi connectivity index (χ1n) is 9.95. The van der Waals surface area contributed by atoms with E-state index in [1.165, 1.54) is 0 Å². The fraction of sp³-hybridized carbons (Fsp3) is 0.240. The maximum atomic E-state index is 14.2. The summed E-state index contributed by atoms with van der Waals surface area (Å²) in [6.45, 7) is -2.28. The first-order chi connectivity index (χ1) is 14.1. The van der Waals surface area contributed by atoms with Crippen LogP contribution < -0.4 is 15.9 Å². The van der Waals surface area contributed by atoms with Crippen LogP contribution in [0.2, 0.25) is 0 Å². The van der Waals surface area contributed by atoms with E-state index in [0.29, 0.717) is 0 Å². The number of hydrogen-bond acceptors (Lipinski definition) is 0. The van der Waals surface area contributed by atoms with Crippen LogP contribution in [-0.2, 0) is 0 Å². The zero-order valence-corrected chi connectivity index (χ0v) is 16.9. The first kappa shape index (κ1) is 20.0. The number of rotatable bonds is 4. The Bertz CT molecular complexity index is 857. The second-order valence-electron chi connectivity index (χ2n) is 7.59. The Morgan fingerprint density at radius 1 is 0.586 bits per heavy atom. The van der Waals surface area contributed by atoms with Gasteiger partial charge in [-0.1, -0.05) is 96.8 Å². The molecular weight excluding hydrogens is 388 g/mol. The van der Waals surface area contributed by atoms with Crippen LogP contribution >= 0.6 is 6.89 Å². The zero-order valence-electron chi connectivity index (χ0n) is 16.0. The lowest BCUT2D eigenvalue weighted by atomic mass is 9.87. The molecule has 0 bridgehead atoms. The Morgan fingerprint density at radius 2 is 0.931 bits per heavy atom. The molecule has 1 saturated carbocycles. The molecule has 4 heteroatoms. The van der Waals surface area contributed by atoms with Gasteiger partial charge in [-0.05, 0) is 41.6 Å². The van der Waals surface area contributed by atoms with E-state index in [1.54, 1.807) is 0 Å². The van der Waals surface area contributed by atoms with Gasteiger partial charge in [0.2, 0.25) is 0 Å². The van der Waals surface area contributed by atoms with Gasteiger partial charge in [0, 0.05) is 0 Å². The van der Waals surface area contributed by atoms with E-state index in [9.17, 15) is 13.2 Å². The lowest BCUT2D eigenvalue weighted by Gasteiger charge is -2.34. The third-order valence-corrected chi connectivity index (χ3v) is 9.88. The van der Waals surface area contributed by atoms with Gasteiger partial charge < -0.3 is 0 Å². The molecule has 2 unspecified atom stereocenters. The van der Waals surface area contributed by atoms with E-state index < -0.39 is 25.4 Å². The van der Waals surface area contributed by atoms with Crippen molar-refractivity contribution in [2.45, 2.75) is 31.4 Å². The monoisotopic (exact) mass is 412 g/mol. The number of alkyl halides is 3. The smallest absolute Gasteiger partial charge is 0.162 e. The van der Waals surface area contributed by atoms with Gasteiger partial charge in [0.1, 0.15) is 12.3 Å². The van der Waals surface area contributed by atoms with Gasteiger partial charge in [-0.2, -0.15) is 0 Å². The van der Waals surface area contributed by atoms with E-state index >= 15 is 0 Å². The van der Waals surface area contributed by atoms with Crippen molar-refractivity contribution >= 4 is 28.6 Å². The minimum atomic E-state index is -2.28. The molecule has 3 aromatic carbocycles. The molecule has 0 nitrogen and oxygen atoms in total. The normalized spacial score (nSPS) is 24.8. The van der Waals surface area contributed by atoms with Crippen LogP contribution in [0.25, 0.3) is 0 Å². The summed E-state index contributed by atoms with van der Waals surface area (Å²) < 4.78 is 42.3. The average Bonchev–Trinajstić information content (AvgIpc) is 2.77. The Hall–Kier alpha value is -2.25. The van der Waals surface area contributed by atoms with Crippen LogP contribution in [-0.4, -0.2) is 24.3 Å². The molecule has 0 radical (unpaired) electrons. The van der Waals surface area contributed by atoms with Gasteiger partial charge in [-0.3, -0.25) is 0 Å². The molecule has 0 heterocycles. The summed E-state index contributed by atoms with van der Waals surface area (Å²) in [7, 11) is 0. The van der Waals surface area contributed by atoms with Gasteiger partial charge in [0.15, 0.2) is 6.17 Å². The summed E-state index contributed by atoms with van der Waals surface area (Å²) in [5.41, 5.74) is 0. The minimum absolute atomic E-state index is 0.0236. The van der Waals surface area contributed by atoms with E-state index in [2.05, 4.69) is 42.2 Å². The van der Waals surface area contributed by atoms with Gasteiger partial charge in [0.25, 0.3) is 0 Å². The van der Waals surface area contributed by atoms with Crippen LogP contribution in [0.15, 0.2) is 91.0 Å². The second-order valence-corrected chi connectivity index (χ2v) is 10.9. The SMILES string of the molecule is FC1CC(C=P(c2ccccc2)(c2ccccc2)c2ccccc2)CC(F)C1F. The summed E-state index contributed by atoms with van der Waals surface area (Å²) in [5, 5.41) is 3.39. The molecule has 1 aliphatic rings. The lowest BCUT2D eigenvalue weighted by Crippen LogP contribution is -2.39. The van der Waals surface area contributed by atoms with E-state index in [-0.39, 0.29) is 18.8 Å². The predicted octanol–water partition coefficient (Wildman–Crippen LogP) is 5.21. The first-order valence-corrected chi connectivity index (χ1v) is 11.8. The Balaban J connectivity index is 1.98. The number of hydrogen-bond donors (Lipinski definition) is 0. The highest BCUT2D eigenvalue weighted by Crippen LogP contribution is 2.46. The third-order valence-electron chi connectivity index (χ3n) is 5.67. The topological polar surface area (TPSA) is 0 Å². The maximum absolute atomic E-state index is 14.2. The number of halogens is 3. The Kier molecular flexibility index (Phi) is 5.96. The standard InChI is InChI=1S/C25H24F3P/c26-23-16-19(17-24(27)25(23)28)18-29(20-10-4-1-5-11-20,21-12-6-2-7-13-21)22-14-8-3-9-15-22/h1-15,18-19,23-25H,16-17H2. The molecule has 0 amide bonds. The summed E-state index contributed by atoms with van der Waals surface area (Å²) in [6, 6.07) is 30.4. The maximum Gasteiger partial charge on any atom is 0.162 e. The van der Waals surface area contributed by atoms with Crippen molar-refractivity contribution in [3.05, 3.63) is 91.0 Å². The molecule has 0 N–H and O–H groups in total. The largest absolute Gasteiger partial charge is 0.244 e. The summed E-state index contributed by atoms with van der Waals surface area (Å²) >= 11 is 0. The molecule has 2 atom stereocenters. The van der Waals surface area contributed by atoms with E-state index in [0.717, 1.165) is 15.9 Å². The van der Waals surface area contributed by atoms with Crippen molar-refractivity contribution in [2.75, 3.05) is 0 Å². The van der Waals surface area contributed by atoms with E-state index in [1.807, 2.05) is 54.6 Å².